The second-order valence-electron chi connectivity index (χ2n) is 8.24. The lowest BCUT2D eigenvalue weighted by atomic mass is 10.2. The zero-order chi connectivity index (χ0) is 22.2. The van der Waals surface area contributed by atoms with Crippen molar-refractivity contribution in [2.75, 3.05) is 38.1 Å². The predicted molar refractivity (Wildman–Crippen MR) is 122 cm³/mol. The average Bonchev–Trinajstić information content (AvgIpc) is 3.43. The van der Waals surface area contributed by atoms with Gasteiger partial charge in [0.15, 0.2) is 33.6 Å². The van der Waals surface area contributed by atoms with Crippen LogP contribution in [0.1, 0.15) is 19.3 Å². The van der Waals surface area contributed by atoms with E-state index in [1.807, 2.05) is 31.1 Å². The van der Waals surface area contributed by atoms with E-state index in [1.54, 1.807) is 0 Å². The van der Waals surface area contributed by atoms with Crippen LogP contribution in [0.4, 0.5) is 11.5 Å². The lowest BCUT2D eigenvalue weighted by molar-refractivity contribution is 0.114. The lowest BCUT2D eigenvalue weighted by Gasteiger charge is -2.18. The summed E-state index contributed by atoms with van der Waals surface area (Å²) in [6.07, 6.45) is 4.06. The highest BCUT2D eigenvalue weighted by atomic mass is 32.2. The second kappa shape index (κ2) is 8.64. The Morgan fingerprint density at radius 1 is 1.28 bits per heavy atom. The van der Waals surface area contributed by atoms with Crippen LogP contribution in [-0.4, -0.2) is 58.3 Å². The van der Waals surface area contributed by atoms with Crippen LogP contribution in [0, 0.1) is 5.92 Å². The molecule has 0 saturated heterocycles. The van der Waals surface area contributed by atoms with E-state index in [1.165, 1.54) is 18.1 Å². The van der Waals surface area contributed by atoms with Gasteiger partial charge in [-0.1, -0.05) is 0 Å². The van der Waals surface area contributed by atoms with Crippen molar-refractivity contribution in [3.05, 3.63) is 18.5 Å². The Labute approximate surface area is 190 Å². The minimum Gasteiger partial charge on any atom is -0.454 e. The summed E-state index contributed by atoms with van der Waals surface area (Å²) >= 11 is 1.53. The first-order chi connectivity index (χ1) is 15.5. The SMILES string of the molecule is CN(C)c1cc2c(cc1Sc1nc3c(N)ncnc3n1CCCNC(O)C1CC1)OCO2. The fraction of sp³-hybridized carbons (Fsp3) is 0.476. The van der Waals surface area contributed by atoms with Crippen LogP contribution < -0.4 is 25.4 Å². The molecule has 0 amide bonds. The number of ether oxygens (including phenoxy) is 2. The van der Waals surface area contributed by atoms with Gasteiger partial charge < -0.3 is 29.8 Å². The largest absolute Gasteiger partial charge is 0.454 e. The molecule has 2 aliphatic rings. The van der Waals surface area contributed by atoms with Gasteiger partial charge in [-0.2, -0.15) is 0 Å². The zero-order valence-corrected chi connectivity index (χ0v) is 18.9. The highest BCUT2D eigenvalue weighted by Crippen LogP contribution is 2.44. The minimum atomic E-state index is -0.419. The third kappa shape index (κ3) is 4.15. The quantitative estimate of drug-likeness (QED) is 0.325. The number of aryl methyl sites for hydroxylation is 1. The van der Waals surface area contributed by atoms with Gasteiger partial charge in [0.05, 0.1) is 5.69 Å². The topological polar surface area (TPSA) is 124 Å². The Balaban J connectivity index is 1.43. The molecule has 1 atom stereocenters. The van der Waals surface area contributed by atoms with Crippen molar-refractivity contribution in [2.45, 2.75) is 42.1 Å². The van der Waals surface area contributed by atoms with E-state index < -0.39 is 6.23 Å². The maximum Gasteiger partial charge on any atom is 0.231 e. The first-order valence-corrected chi connectivity index (χ1v) is 11.5. The van der Waals surface area contributed by atoms with Crippen LogP contribution in [0.5, 0.6) is 11.5 Å². The molecule has 32 heavy (non-hydrogen) atoms. The maximum atomic E-state index is 10.1. The van der Waals surface area contributed by atoms with Gasteiger partial charge >= 0.3 is 0 Å². The Kier molecular flexibility index (Phi) is 5.70. The van der Waals surface area contributed by atoms with Crippen LogP contribution in [0.25, 0.3) is 11.2 Å². The summed E-state index contributed by atoms with van der Waals surface area (Å²) in [5.74, 6) is 2.22. The van der Waals surface area contributed by atoms with Gasteiger partial charge in [-0.05, 0) is 43.5 Å². The summed E-state index contributed by atoms with van der Waals surface area (Å²) in [4.78, 5) is 16.3. The third-order valence-corrected chi connectivity index (χ3v) is 6.68. The molecule has 10 nitrogen and oxygen atoms in total. The fourth-order valence-electron chi connectivity index (χ4n) is 3.72. The molecule has 170 valence electrons. The Hall–Kier alpha value is -2.76. The number of anilines is 2. The number of hydrogen-bond acceptors (Lipinski definition) is 10. The number of rotatable bonds is 9. The Morgan fingerprint density at radius 3 is 2.81 bits per heavy atom. The summed E-state index contributed by atoms with van der Waals surface area (Å²) in [7, 11) is 3.98. The average molecular weight is 458 g/mol. The number of hydrogen-bond donors (Lipinski definition) is 3. The molecular weight excluding hydrogens is 430 g/mol. The molecule has 4 N–H and O–H groups in total. The van der Waals surface area contributed by atoms with E-state index in [0.717, 1.165) is 46.5 Å². The first kappa shape index (κ1) is 21.1. The number of nitrogens with two attached hydrogens (primary N) is 1. The molecule has 1 aromatic carbocycles. The summed E-state index contributed by atoms with van der Waals surface area (Å²) in [6.45, 7) is 1.61. The van der Waals surface area contributed by atoms with Gasteiger partial charge in [-0.25, -0.2) is 15.0 Å². The number of aliphatic hydroxyl groups is 1. The number of nitrogen functional groups attached to an aromatic ring is 1. The standard InChI is InChI=1S/C21H27N7O3S/c1-27(2)13-8-14-15(31-11-30-14)9-16(13)32-21-26-17-18(22)24-10-25-19(17)28(21)7-3-6-23-20(29)12-4-5-12/h8-10,12,20,23,29H,3-7,11H2,1-2H3,(H2,22,24,25). The number of fused-ring (bicyclic) bond motifs is 2. The van der Waals surface area contributed by atoms with Crippen molar-refractivity contribution in [2.24, 2.45) is 5.92 Å². The van der Waals surface area contributed by atoms with Crippen molar-refractivity contribution in [1.29, 1.82) is 0 Å². The van der Waals surface area contributed by atoms with Gasteiger partial charge in [0.1, 0.15) is 12.6 Å². The molecule has 5 rings (SSSR count). The fourth-order valence-corrected chi connectivity index (χ4v) is 4.85. The number of nitrogens with zero attached hydrogens (tertiary/aromatic N) is 5. The molecule has 1 saturated carbocycles. The number of aliphatic hydroxyl groups excluding tert-OH is 1. The molecule has 1 aliphatic carbocycles. The first-order valence-electron chi connectivity index (χ1n) is 10.7. The van der Waals surface area contributed by atoms with E-state index in [-0.39, 0.29) is 6.79 Å². The van der Waals surface area contributed by atoms with E-state index in [4.69, 9.17) is 20.2 Å². The molecule has 0 spiro atoms. The van der Waals surface area contributed by atoms with Crippen LogP contribution >= 0.6 is 11.8 Å². The number of imidazole rings is 1. The molecule has 2 aromatic heterocycles. The maximum absolute atomic E-state index is 10.1. The second-order valence-corrected chi connectivity index (χ2v) is 9.25. The number of nitrogens with one attached hydrogen (secondary N) is 1. The Bertz CT molecular complexity index is 1130. The van der Waals surface area contributed by atoms with Crippen molar-refractivity contribution in [3.8, 4) is 11.5 Å². The highest BCUT2D eigenvalue weighted by Gasteiger charge is 2.29. The summed E-state index contributed by atoms with van der Waals surface area (Å²) < 4.78 is 13.2. The molecule has 0 radical (unpaired) electrons. The van der Waals surface area contributed by atoms with E-state index in [2.05, 4.69) is 19.9 Å². The predicted octanol–water partition coefficient (Wildman–Crippen LogP) is 2.06. The van der Waals surface area contributed by atoms with E-state index in [0.29, 0.717) is 36.0 Å². The molecule has 11 heteroatoms. The number of aromatic nitrogens is 4. The molecule has 1 aliphatic heterocycles. The summed E-state index contributed by atoms with van der Waals surface area (Å²) in [5, 5.41) is 14.0. The van der Waals surface area contributed by atoms with Gasteiger partial charge in [-0.3, -0.25) is 5.32 Å². The third-order valence-electron chi connectivity index (χ3n) is 5.64. The zero-order valence-electron chi connectivity index (χ0n) is 18.1. The monoisotopic (exact) mass is 457 g/mol. The van der Waals surface area contributed by atoms with Crippen molar-refractivity contribution in [3.63, 3.8) is 0 Å². The van der Waals surface area contributed by atoms with Gasteiger partial charge in [0, 0.05) is 37.7 Å². The molecule has 1 fully saturated rings. The molecule has 3 heterocycles. The van der Waals surface area contributed by atoms with E-state index in [9.17, 15) is 5.11 Å². The van der Waals surface area contributed by atoms with Gasteiger partial charge in [0.2, 0.25) is 6.79 Å². The van der Waals surface area contributed by atoms with Gasteiger partial charge in [-0.15, -0.1) is 0 Å². The highest BCUT2D eigenvalue weighted by molar-refractivity contribution is 7.99. The summed E-state index contributed by atoms with van der Waals surface area (Å²) in [6, 6.07) is 3.96. The molecular formula is C21H27N7O3S. The summed E-state index contributed by atoms with van der Waals surface area (Å²) in [5.41, 5.74) is 8.39. The smallest absolute Gasteiger partial charge is 0.231 e. The van der Waals surface area contributed by atoms with Crippen LogP contribution in [-0.2, 0) is 6.54 Å². The van der Waals surface area contributed by atoms with E-state index >= 15 is 0 Å². The minimum absolute atomic E-state index is 0.223. The molecule has 0 bridgehead atoms. The Morgan fingerprint density at radius 2 is 2.06 bits per heavy atom. The van der Waals surface area contributed by atoms with Crippen LogP contribution in [0.3, 0.4) is 0 Å². The molecule has 3 aromatic rings. The van der Waals surface area contributed by atoms with Crippen LogP contribution in [0.15, 0.2) is 28.5 Å². The van der Waals surface area contributed by atoms with Crippen molar-refractivity contribution in [1.82, 2.24) is 24.8 Å². The normalized spacial score (nSPS) is 16.0. The molecule has 1 unspecified atom stereocenters. The number of benzene rings is 1. The van der Waals surface area contributed by atoms with Crippen molar-refractivity contribution < 1.29 is 14.6 Å². The van der Waals surface area contributed by atoms with Crippen LogP contribution in [0.2, 0.25) is 0 Å². The van der Waals surface area contributed by atoms with Gasteiger partial charge in [0.25, 0.3) is 0 Å². The lowest BCUT2D eigenvalue weighted by Crippen LogP contribution is -2.31. The van der Waals surface area contributed by atoms with Crippen molar-refractivity contribution >= 4 is 34.4 Å².